The summed E-state index contributed by atoms with van der Waals surface area (Å²) in [7, 11) is 0. The van der Waals surface area contributed by atoms with Crippen LogP contribution < -0.4 is 9.47 Å². The van der Waals surface area contributed by atoms with Crippen LogP contribution >= 0.6 is 0 Å². The van der Waals surface area contributed by atoms with E-state index in [0.29, 0.717) is 17.9 Å². The number of hydrogen-bond donors (Lipinski definition) is 1. The van der Waals surface area contributed by atoms with Crippen molar-refractivity contribution in [1.29, 1.82) is 0 Å². The summed E-state index contributed by atoms with van der Waals surface area (Å²) < 4.78 is 16.0. The summed E-state index contributed by atoms with van der Waals surface area (Å²) in [4.78, 5) is 28.1. The lowest BCUT2D eigenvalue weighted by atomic mass is 10.0. The summed E-state index contributed by atoms with van der Waals surface area (Å²) in [5.41, 5.74) is 2.17. The second-order valence-corrected chi connectivity index (χ2v) is 6.36. The van der Waals surface area contributed by atoms with Crippen LogP contribution in [0.3, 0.4) is 0 Å². The van der Waals surface area contributed by atoms with E-state index in [1.165, 1.54) is 0 Å². The lowest BCUT2D eigenvalue weighted by molar-refractivity contribution is -0.148. The number of hydrogen-bond acceptors (Lipinski definition) is 5. The summed E-state index contributed by atoms with van der Waals surface area (Å²) >= 11 is 0. The topological polar surface area (TPSA) is 77.6 Å². The standard InChI is InChI=1S/C22H23NO5/c1-4-26-16-9-11-17(12-10-16)27-13-20(24)28-15(3)22(25)21-14(2)23-19-8-6-5-7-18(19)21/h5-12,15,23H,4,13H2,1-3H3/t15-/m1/s1. The number of aryl methyl sites for hydroxylation is 1. The summed E-state index contributed by atoms with van der Waals surface area (Å²) in [6, 6.07) is 14.5. The van der Waals surface area contributed by atoms with Crippen molar-refractivity contribution in [3.05, 3.63) is 59.8 Å². The van der Waals surface area contributed by atoms with Gasteiger partial charge in [-0.25, -0.2) is 4.79 Å². The third-order valence-electron chi connectivity index (χ3n) is 4.31. The molecule has 1 aromatic heterocycles. The average molecular weight is 381 g/mol. The molecule has 0 spiro atoms. The molecule has 6 nitrogen and oxygen atoms in total. The molecule has 3 aromatic rings. The number of benzene rings is 2. The molecular formula is C22H23NO5. The molecule has 1 heterocycles. The van der Waals surface area contributed by atoms with Crippen molar-refractivity contribution >= 4 is 22.7 Å². The Bertz CT molecular complexity index is 974. The molecule has 0 aliphatic rings. The minimum Gasteiger partial charge on any atom is -0.494 e. The molecule has 2 aromatic carbocycles. The SMILES string of the molecule is CCOc1ccc(OCC(=O)O[C@H](C)C(=O)c2c(C)[nH]c3ccccc23)cc1. The van der Waals surface area contributed by atoms with Crippen molar-refractivity contribution < 1.29 is 23.8 Å². The van der Waals surface area contributed by atoms with Crippen molar-refractivity contribution in [2.45, 2.75) is 26.9 Å². The van der Waals surface area contributed by atoms with Gasteiger partial charge in [0.15, 0.2) is 12.7 Å². The first-order chi connectivity index (χ1) is 13.5. The Morgan fingerprint density at radius 1 is 1.00 bits per heavy atom. The molecule has 0 saturated carbocycles. The van der Waals surface area contributed by atoms with Crippen LogP contribution in [-0.4, -0.2) is 36.1 Å². The number of carbonyl (C=O) groups is 2. The molecule has 1 atom stereocenters. The average Bonchev–Trinajstić information content (AvgIpc) is 3.02. The predicted octanol–water partition coefficient (Wildman–Crippen LogP) is 4.07. The van der Waals surface area contributed by atoms with Crippen molar-refractivity contribution in [2.24, 2.45) is 0 Å². The highest BCUT2D eigenvalue weighted by atomic mass is 16.6. The minimum absolute atomic E-state index is 0.246. The van der Waals surface area contributed by atoms with Gasteiger partial charge in [0.05, 0.1) is 6.61 Å². The van der Waals surface area contributed by atoms with Crippen LogP contribution in [0.15, 0.2) is 48.5 Å². The second-order valence-electron chi connectivity index (χ2n) is 6.36. The van der Waals surface area contributed by atoms with Gasteiger partial charge in [-0.2, -0.15) is 0 Å². The normalized spacial score (nSPS) is 11.8. The van der Waals surface area contributed by atoms with Crippen LogP contribution in [-0.2, 0) is 9.53 Å². The molecule has 3 rings (SSSR count). The number of esters is 1. The van der Waals surface area contributed by atoms with Crippen LogP contribution in [0.4, 0.5) is 0 Å². The number of aromatic amines is 1. The van der Waals surface area contributed by atoms with Crippen LogP contribution in [0.2, 0.25) is 0 Å². The highest BCUT2D eigenvalue weighted by Crippen LogP contribution is 2.24. The van der Waals surface area contributed by atoms with E-state index in [2.05, 4.69) is 4.98 Å². The first-order valence-corrected chi connectivity index (χ1v) is 9.16. The molecule has 0 bridgehead atoms. The summed E-state index contributed by atoms with van der Waals surface area (Å²) in [5.74, 6) is 0.397. The third kappa shape index (κ3) is 4.34. The van der Waals surface area contributed by atoms with E-state index >= 15 is 0 Å². The Hall–Kier alpha value is -3.28. The highest BCUT2D eigenvalue weighted by molar-refractivity contribution is 6.11. The second kappa shape index (κ2) is 8.61. The fraction of sp³-hybridized carbons (Fsp3) is 0.273. The number of para-hydroxylation sites is 1. The van der Waals surface area contributed by atoms with Crippen molar-refractivity contribution in [1.82, 2.24) is 4.98 Å². The number of ketones is 1. The van der Waals surface area contributed by atoms with Gasteiger partial charge in [-0.3, -0.25) is 4.79 Å². The molecular weight excluding hydrogens is 358 g/mol. The number of fused-ring (bicyclic) bond motifs is 1. The number of Topliss-reactive ketones (excluding diaryl/α,β-unsaturated/α-hetero) is 1. The smallest absolute Gasteiger partial charge is 0.344 e. The fourth-order valence-electron chi connectivity index (χ4n) is 3.02. The molecule has 1 N–H and O–H groups in total. The van der Waals surface area contributed by atoms with Gasteiger partial charge in [-0.05, 0) is 51.1 Å². The monoisotopic (exact) mass is 381 g/mol. The van der Waals surface area contributed by atoms with Gasteiger partial charge in [0.25, 0.3) is 0 Å². The first kappa shape index (κ1) is 19.5. The van der Waals surface area contributed by atoms with E-state index in [9.17, 15) is 9.59 Å². The fourth-order valence-corrected chi connectivity index (χ4v) is 3.02. The summed E-state index contributed by atoms with van der Waals surface area (Å²) in [6.45, 7) is 5.60. The van der Waals surface area contributed by atoms with E-state index in [4.69, 9.17) is 14.2 Å². The number of nitrogens with one attached hydrogen (secondary N) is 1. The summed E-state index contributed by atoms with van der Waals surface area (Å²) in [6.07, 6.45) is -0.908. The number of rotatable bonds is 8. The molecule has 146 valence electrons. The highest BCUT2D eigenvalue weighted by Gasteiger charge is 2.24. The van der Waals surface area contributed by atoms with Crippen molar-refractivity contribution in [3.63, 3.8) is 0 Å². The number of carbonyl (C=O) groups excluding carboxylic acids is 2. The Morgan fingerprint density at radius 2 is 1.64 bits per heavy atom. The Morgan fingerprint density at radius 3 is 2.32 bits per heavy atom. The molecule has 0 aliphatic carbocycles. The molecule has 28 heavy (non-hydrogen) atoms. The van der Waals surface area contributed by atoms with Crippen LogP contribution in [0.25, 0.3) is 10.9 Å². The maximum absolute atomic E-state index is 12.8. The maximum Gasteiger partial charge on any atom is 0.344 e. The lowest BCUT2D eigenvalue weighted by Crippen LogP contribution is -2.27. The third-order valence-corrected chi connectivity index (χ3v) is 4.31. The number of ether oxygens (including phenoxy) is 3. The Labute approximate surface area is 163 Å². The number of H-pyrrole nitrogens is 1. The van der Waals surface area contributed by atoms with E-state index in [1.54, 1.807) is 31.2 Å². The van der Waals surface area contributed by atoms with Gasteiger partial charge in [0.1, 0.15) is 11.5 Å². The van der Waals surface area contributed by atoms with Gasteiger partial charge < -0.3 is 19.2 Å². The van der Waals surface area contributed by atoms with Gasteiger partial charge in [-0.15, -0.1) is 0 Å². The van der Waals surface area contributed by atoms with Crippen molar-refractivity contribution in [2.75, 3.05) is 13.2 Å². The van der Waals surface area contributed by atoms with E-state index in [0.717, 1.165) is 22.3 Å². The number of aromatic nitrogens is 1. The van der Waals surface area contributed by atoms with Crippen LogP contribution in [0.5, 0.6) is 11.5 Å². The first-order valence-electron chi connectivity index (χ1n) is 9.16. The Kier molecular flexibility index (Phi) is 5.99. The van der Waals surface area contributed by atoms with E-state index in [1.807, 2.05) is 38.1 Å². The van der Waals surface area contributed by atoms with Gasteiger partial charge in [0.2, 0.25) is 5.78 Å². The zero-order chi connectivity index (χ0) is 20.1. The van der Waals surface area contributed by atoms with E-state index in [-0.39, 0.29) is 12.4 Å². The van der Waals surface area contributed by atoms with Crippen LogP contribution in [0, 0.1) is 6.92 Å². The Balaban J connectivity index is 1.59. The molecule has 6 heteroatoms. The largest absolute Gasteiger partial charge is 0.494 e. The van der Waals surface area contributed by atoms with E-state index < -0.39 is 12.1 Å². The maximum atomic E-state index is 12.8. The quantitative estimate of drug-likeness (QED) is 0.470. The van der Waals surface area contributed by atoms with Gasteiger partial charge in [0, 0.05) is 22.2 Å². The van der Waals surface area contributed by atoms with Gasteiger partial charge >= 0.3 is 5.97 Å². The molecule has 0 amide bonds. The molecule has 0 saturated heterocycles. The molecule has 0 fully saturated rings. The lowest BCUT2D eigenvalue weighted by Gasteiger charge is -2.13. The van der Waals surface area contributed by atoms with Gasteiger partial charge in [-0.1, -0.05) is 18.2 Å². The molecule has 0 radical (unpaired) electrons. The predicted molar refractivity (Wildman–Crippen MR) is 106 cm³/mol. The zero-order valence-electron chi connectivity index (χ0n) is 16.2. The summed E-state index contributed by atoms with van der Waals surface area (Å²) in [5, 5.41) is 0.818. The molecule has 0 aliphatic heterocycles. The zero-order valence-corrected chi connectivity index (χ0v) is 16.2. The minimum atomic E-state index is -0.908. The van der Waals surface area contributed by atoms with Crippen molar-refractivity contribution in [3.8, 4) is 11.5 Å². The van der Waals surface area contributed by atoms with Crippen LogP contribution in [0.1, 0.15) is 29.9 Å². The molecule has 0 unspecified atom stereocenters.